The van der Waals surface area contributed by atoms with Crippen molar-refractivity contribution < 1.29 is 4.74 Å². The summed E-state index contributed by atoms with van der Waals surface area (Å²) in [5.41, 5.74) is 8.38. The largest absolute Gasteiger partial charge is 0.384 e. The summed E-state index contributed by atoms with van der Waals surface area (Å²) in [7, 11) is 2.17. The van der Waals surface area contributed by atoms with E-state index in [1.54, 1.807) is 0 Å². The third-order valence-electron chi connectivity index (χ3n) is 3.93. The summed E-state index contributed by atoms with van der Waals surface area (Å²) < 4.78 is 5.47. The molecule has 0 saturated carbocycles. The van der Waals surface area contributed by atoms with Crippen LogP contribution in [0, 0.1) is 0 Å². The molecule has 4 nitrogen and oxygen atoms in total. The van der Waals surface area contributed by atoms with Crippen molar-refractivity contribution in [3.8, 4) is 0 Å². The molecule has 0 bridgehead atoms. The van der Waals surface area contributed by atoms with Crippen LogP contribution in [0.4, 0.5) is 5.82 Å². The molecule has 3 rings (SSSR count). The fraction of sp³-hybridized carbons (Fsp3) is 0.583. The number of aromatic nitrogens is 1. The average molecular weight is 219 g/mol. The smallest absolute Gasteiger partial charge is 0.123 e. The first-order chi connectivity index (χ1) is 7.72. The maximum Gasteiger partial charge on any atom is 0.123 e. The molecule has 4 heteroatoms. The molecule has 0 radical (unpaired) electrons. The lowest BCUT2D eigenvalue weighted by Gasteiger charge is -2.40. The van der Waals surface area contributed by atoms with Gasteiger partial charge in [0.15, 0.2) is 0 Å². The van der Waals surface area contributed by atoms with Crippen molar-refractivity contribution in [2.24, 2.45) is 0 Å². The summed E-state index contributed by atoms with van der Waals surface area (Å²) in [5.74, 6) is 0.622. The van der Waals surface area contributed by atoms with Gasteiger partial charge in [-0.1, -0.05) is 6.07 Å². The summed E-state index contributed by atoms with van der Waals surface area (Å²) in [6.45, 7) is 2.59. The molecule has 1 aromatic rings. The molecule has 1 spiro atoms. The number of hydrogen-bond donors (Lipinski definition) is 1. The van der Waals surface area contributed by atoms with Crippen molar-refractivity contribution in [1.82, 2.24) is 9.88 Å². The molecule has 0 unspecified atom stereocenters. The Hall–Kier alpha value is -1.13. The monoisotopic (exact) mass is 219 g/mol. The highest BCUT2D eigenvalue weighted by Crippen LogP contribution is 2.44. The van der Waals surface area contributed by atoms with E-state index in [2.05, 4.69) is 23.0 Å². The van der Waals surface area contributed by atoms with Crippen LogP contribution < -0.4 is 5.73 Å². The fourth-order valence-corrected chi connectivity index (χ4v) is 3.00. The summed E-state index contributed by atoms with van der Waals surface area (Å²) in [4.78, 5) is 6.84. The van der Waals surface area contributed by atoms with Crippen molar-refractivity contribution >= 4 is 5.82 Å². The first-order valence-electron chi connectivity index (χ1n) is 5.77. The molecule has 1 fully saturated rings. The molecular formula is C12H17N3O. The van der Waals surface area contributed by atoms with Crippen molar-refractivity contribution in [2.75, 3.05) is 26.0 Å². The van der Waals surface area contributed by atoms with Gasteiger partial charge in [0.05, 0.1) is 11.2 Å². The Morgan fingerprint density at radius 2 is 2.12 bits per heavy atom. The zero-order valence-corrected chi connectivity index (χ0v) is 9.57. The third kappa shape index (κ3) is 1.26. The molecule has 1 aromatic heterocycles. The maximum atomic E-state index is 5.74. The van der Waals surface area contributed by atoms with Gasteiger partial charge in [-0.05, 0) is 31.5 Å². The van der Waals surface area contributed by atoms with Crippen LogP contribution in [0.3, 0.4) is 0 Å². The Kier molecular flexibility index (Phi) is 2.16. The van der Waals surface area contributed by atoms with Crippen LogP contribution in [-0.2, 0) is 16.8 Å². The Bertz CT molecular complexity index is 413. The van der Waals surface area contributed by atoms with E-state index in [1.807, 2.05) is 6.07 Å². The lowest BCUT2D eigenvalue weighted by Crippen LogP contribution is -2.43. The molecule has 0 aromatic carbocycles. The molecule has 2 N–H and O–H groups in total. The molecule has 0 atom stereocenters. The normalized spacial score (nSPS) is 23.6. The van der Waals surface area contributed by atoms with Gasteiger partial charge in [0.1, 0.15) is 5.82 Å². The van der Waals surface area contributed by atoms with E-state index < -0.39 is 0 Å². The van der Waals surface area contributed by atoms with E-state index in [4.69, 9.17) is 10.5 Å². The second kappa shape index (κ2) is 3.43. The number of fused-ring (bicyclic) bond motifs is 2. The van der Waals surface area contributed by atoms with E-state index in [0.29, 0.717) is 5.82 Å². The molecule has 16 heavy (non-hydrogen) atoms. The molecule has 1 saturated heterocycles. The maximum absolute atomic E-state index is 5.74. The molecule has 86 valence electrons. The lowest BCUT2D eigenvalue weighted by molar-refractivity contribution is -0.0132. The van der Waals surface area contributed by atoms with Gasteiger partial charge in [-0.15, -0.1) is 0 Å². The minimum Gasteiger partial charge on any atom is -0.384 e. The number of anilines is 1. The average Bonchev–Trinajstić information content (AvgIpc) is 2.53. The summed E-state index contributed by atoms with van der Waals surface area (Å²) in [6, 6.07) is 4.06. The van der Waals surface area contributed by atoms with E-state index >= 15 is 0 Å². The number of nitrogens with zero attached hydrogens (tertiary/aromatic N) is 2. The van der Waals surface area contributed by atoms with Gasteiger partial charge >= 0.3 is 0 Å². The number of rotatable bonds is 0. The number of pyridine rings is 1. The van der Waals surface area contributed by atoms with E-state index in [1.165, 1.54) is 5.56 Å². The van der Waals surface area contributed by atoms with E-state index in [0.717, 1.165) is 38.3 Å². The standard InChI is InChI=1S/C12H17N3O/c1-15-8-10-9(2-3-11(13)14-10)12(15)4-6-16-7-5-12/h2-3H,4-8H2,1H3,(H2,13,14). The number of nitrogen functional groups attached to an aromatic ring is 1. The molecule has 3 heterocycles. The molecular weight excluding hydrogens is 202 g/mol. The highest BCUT2D eigenvalue weighted by Gasteiger charge is 2.44. The predicted octanol–water partition coefficient (Wildman–Crippen LogP) is 1.11. The van der Waals surface area contributed by atoms with Gasteiger partial charge in [-0.2, -0.15) is 0 Å². The Labute approximate surface area is 95.4 Å². The highest BCUT2D eigenvalue weighted by molar-refractivity contribution is 5.41. The van der Waals surface area contributed by atoms with Crippen molar-refractivity contribution in [3.63, 3.8) is 0 Å². The zero-order valence-electron chi connectivity index (χ0n) is 9.57. The Balaban J connectivity index is 2.07. The van der Waals surface area contributed by atoms with Crippen LogP contribution >= 0.6 is 0 Å². The van der Waals surface area contributed by atoms with Gasteiger partial charge in [-0.3, -0.25) is 4.90 Å². The van der Waals surface area contributed by atoms with Gasteiger partial charge < -0.3 is 10.5 Å². The molecule has 2 aliphatic rings. The summed E-state index contributed by atoms with van der Waals surface area (Å²) in [6.07, 6.45) is 2.12. The van der Waals surface area contributed by atoms with Gasteiger partial charge in [-0.25, -0.2) is 4.98 Å². The molecule has 2 aliphatic heterocycles. The summed E-state index contributed by atoms with van der Waals surface area (Å²) >= 11 is 0. The Morgan fingerprint density at radius 1 is 1.38 bits per heavy atom. The van der Waals surface area contributed by atoms with Crippen molar-refractivity contribution in [1.29, 1.82) is 0 Å². The fourth-order valence-electron chi connectivity index (χ4n) is 3.00. The first-order valence-corrected chi connectivity index (χ1v) is 5.77. The Morgan fingerprint density at radius 3 is 2.88 bits per heavy atom. The number of hydrogen-bond acceptors (Lipinski definition) is 4. The number of ether oxygens (including phenoxy) is 1. The van der Waals surface area contributed by atoms with Crippen LogP contribution in [0.5, 0.6) is 0 Å². The summed E-state index contributed by atoms with van der Waals surface area (Å²) in [5, 5.41) is 0. The van der Waals surface area contributed by atoms with Crippen LogP contribution in [-0.4, -0.2) is 30.1 Å². The lowest BCUT2D eigenvalue weighted by atomic mass is 9.84. The van der Waals surface area contributed by atoms with Crippen LogP contribution in [0.15, 0.2) is 12.1 Å². The quantitative estimate of drug-likeness (QED) is 0.710. The van der Waals surface area contributed by atoms with E-state index in [9.17, 15) is 0 Å². The number of nitrogens with two attached hydrogens (primary N) is 1. The SMILES string of the molecule is CN1Cc2nc(N)ccc2C12CCOCC2. The van der Waals surface area contributed by atoms with Gasteiger partial charge in [0.25, 0.3) is 0 Å². The van der Waals surface area contributed by atoms with E-state index in [-0.39, 0.29) is 5.54 Å². The van der Waals surface area contributed by atoms with Crippen LogP contribution in [0.1, 0.15) is 24.1 Å². The van der Waals surface area contributed by atoms with Crippen molar-refractivity contribution in [3.05, 3.63) is 23.4 Å². The second-order valence-corrected chi connectivity index (χ2v) is 4.73. The predicted molar refractivity (Wildman–Crippen MR) is 61.8 cm³/mol. The minimum atomic E-state index is 0.147. The first kappa shape index (κ1) is 10.1. The van der Waals surface area contributed by atoms with Crippen LogP contribution in [0.25, 0.3) is 0 Å². The zero-order chi connectivity index (χ0) is 11.2. The highest BCUT2D eigenvalue weighted by atomic mass is 16.5. The van der Waals surface area contributed by atoms with Gasteiger partial charge in [0.2, 0.25) is 0 Å². The minimum absolute atomic E-state index is 0.147. The van der Waals surface area contributed by atoms with Crippen molar-refractivity contribution in [2.45, 2.75) is 24.9 Å². The van der Waals surface area contributed by atoms with Gasteiger partial charge in [0, 0.05) is 19.8 Å². The molecule has 0 amide bonds. The third-order valence-corrected chi connectivity index (χ3v) is 3.93. The topological polar surface area (TPSA) is 51.4 Å². The van der Waals surface area contributed by atoms with Crippen LogP contribution in [0.2, 0.25) is 0 Å². The second-order valence-electron chi connectivity index (χ2n) is 4.73. The molecule has 0 aliphatic carbocycles.